The van der Waals surface area contributed by atoms with Crippen molar-refractivity contribution in [2.45, 2.75) is 31.1 Å². The van der Waals surface area contributed by atoms with Crippen molar-refractivity contribution in [3.63, 3.8) is 0 Å². The van der Waals surface area contributed by atoms with Crippen LogP contribution in [0.1, 0.15) is 26.2 Å². The first kappa shape index (κ1) is 19.7. The summed E-state index contributed by atoms with van der Waals surface area (Å²) in [4.78, 5) is 11.9. The molecule has 140 valence electrons. The molecule has 1 fully saturated rings. The van der Waals surface area contributed by atoms with Gasteiger partial charge in [-0.3, -0.25) is 4.79 Å². The standard InChI is InChI=1S/C17H27N3O4S/c1-2-24-15-3-5-16(6-4-15)25(22,23)20-12-9-17(21)19-11-8-14-7-10-18-13-14/h3-6,14,18,20H,2,7-13H2,1H3,(H,19,21). The molecule has 1 aromatic carbocycles. The maximum atomic E-state index is 12.2. The third-order valence-corrected chi connectivity index (χ3v) is 5.60. The highest BCUT2D eigenvalue weighted by atomic mass is 32.2. The van der Waals surface area contributed by atoms with Crippen molar-refractivity contribution in [1.29, 1.82) is 0 Å². The number of amides is 1. The smallest absolute Gasteiger partial charge is 0.240 e. The first-order valence-electron chi connectivity index (χ1n) is 8.71. The van der Waals surface area contributed by atoms with E-state index in [1.807, 2.05) is 6.92 Å². The predicted molar refractivity (Wildman–Crippen MR) is 96.0 cm³/mol. The molecular weight excluding hydrogens is 342 g/mol. The second-order valence-electron chi connectivity index (χ2n) is 6.05. The molecule has 1 aromatic rings. The van der Waals surface area contributed by atoms with Crippen LogP contribution in [0.3, 0.4) is 0 Å². The molecule has 1 aliphatic heterocycles. The summed E-state index contributed by atoms with van der Waals surface area (Å²) in [5.41, 5.74) is 0. The summed E-state index contributed by atoms with van der Waals surface area (Å²) in [6.45, 7) is 5.16. The lowest BCUT2D eigenvalue weighted by Crippen LogP contribution is -2.31. The fourth-order valence-corrected chi connectivity index (χ4v) is 3.76. The van der Waals surface area contributed by atoms with Crippen LogP contribution >= 0.6 is 0 Å². The number of benzene rings is 1. The van der Waals surface area contributed by atoms with Gasteiger partial charge in [0.2, 0.25) is 15.9 Å². The average Bonchev–Trinajstić information content (AvgIpc) is 3.09. The van der Waals surface area contributed by atoms with Crippen LogP contribution in [0.15, 0.2) is 29.2 Å². The van der Waals surface area contributed by atoms with E-state index in [9.17, 15) is 13.2 Å². The van der Waals surface area contributed by atoms with Gasteiger partial charge in [0.15, 0.2) is 0 Å². The molecule has 3 N–H and O–H groups in total. The molecule has 1 aliphatic rings. The summed E-state index contributed by atoms with van der Waals surface area (Å²) in [5.74, 6) is 1.11. The highest BCUT2D eigenvalue weighted by Gasteiger charge is 2.16. The maximum Gasteiger partial charge on any atom is 0.240 e. The highest BCUT2D eigenvalue weighted by Crippen LogP contribution is 2.15. The summed E-state index contributed by atoms with van der Waals surface area (Å²) in [6, 6.07) is 6.21. The van der Waals surface area contributed by atoms with Gasteiger partial charge >= 0.3 is 0 Å². The van der Waals surface area contributed by atoms with E-state index in [0.29, 0.717) is 24.8 Å². The minimum absolute atomic E-state index is 0.0758. The molecule has 0 saturated carbocycles. The SMILES string of the molecule is CCOc1ccc(S(=O)(=O)NCCC(=O)NCCC2CCNC2)cc1. The first-order valence-corrected chi connectivity index (χ1v) is 10.2. The number of hydrogen-bond donors (Lipinski definition) is 3. The molecule has 1 atom stereocenters. The van der Waals surface area contributed by atoms with E-state index in [4.69, 9.17) is 4.74 Å². The lowest BCUT2D eigenvalue weighted by atomic mass is 10.1. The highest BCUT2D eigenvalue weighted by molar-refractivity contribution is 7.89. The number of nitrogens with one attached hydrogen (secondary N) is 3. The number of carbonyl (C=O) groups excluding carboxylic acids is 1. The molecule has 0 spiro atoms. The van der Waals surface area contributed by atoms with E-state index in [2.05, 4.69) is 15.4 Å². The van der Waals surface area contributed by atoms with E-state index in [-0.39, 0.29) is 23.8 Å². The Hall–Kier alpha value is -1.64. The molecule has 1 heterocycles. The van der Waals surface area contributed by atoms with Gasteiger partial charge in [0.05, 0.1) is 11.5 Å². The van der Waals surface area contributed by atoms with Crippen LogP contribution in [-0.4, -0.2) is 47.1 Å². The monoisotopic (exact) mass is 369 g/mol. The third kappa shape index (κ3) is 6.64. The predicted octanol–water partition coefficient (Wildman–Crippen LogP) is 0.870. The minimum atomic E-state index is -3.62. The van der Waals surface area contributed by atoms with Gasteiger partial charge in [-0.1, -0.05) is 0 Å². The van der Waals surface area contributed by atoms with E-state index in [1.54, 1.807) is 12.1 Å². The molecule has 1 saturated heterocycles. The van der Waals surface area contributed by atoms with E-state index in [1.165, 1.54) is 12.1 Å². The molecule has 0 aromatic heterocycles. The zero-order valence-electron chi connectivity index (χ0n) is 14.6. The molecule has 8 heteroatoms. The Labute approximate surface area is 149 Å². The number of rotatable bonds is 10. The van der Waals surface area contributed by atoms with Crippen LogP contribution < -0.4 is 20.1 Å². The van der Waals surface area contributed by atoms with Gasteiger partial charge in [-0.05, 0) is 63.0 Å². The van der Waals surface area contributed by atoms with Crippen molar-refractivity contribution in [3.05, 3.63) is 24.3 Å². The van der Waals surface area contributed by atoms with Crippen molar-refractivity contribution in [2.24, 2.45) is 5.92 Å². The molecular formula is C17H27N3O4S. The molecule has 7 nitrogen and oxygen atoms in total. The van der Waals surface area contributed by atoms with Crippen molar-refractivity contribution in [1.82, 2.24) is 15.4 Å². The molecule has 1 unspecified atom stereocenters. The van der Waals surface area contributed by atoms with Crippen LogP contribution in [0.5, 0.6) is 5.75 Å². The Morgan fingerprint density at radius 3 is 2.68 bits per heavy atom. The summed E-state index contributed by atoms with van der Waals surface area (Å²) >= 11 is 0. The Balaban J connectivity index is 1.69. The van der Waals surface area contributed by atoms with Crippen molar-refractivity contribution in [3.8, 4) is 5.75 Å². The van der Waals surface area contributed by atoms with Gasteiger partial charge in [-0.2, -0.15) is 0 Å². The first-order chi connectivity index (χ1) is 12.0. The minimum Gasteiger partial charge on any atom is -0.494 e. The van der Waals surface area contributed by atoms with Gasteiger partial charge in [0.1, 0.15) is 5.75 Å². The zero-order valence-corrected chi connectivity index (χ0v) is 15.4. The largest absolute Gasteiger partial charge is 0.494 e. The van der Waals surface area contributed by atoms with E-state index < -0.39 is 10.0 Å². The van der Waals surface area contributed by atoms with Crippen molar-refractivity contribution in [2.75, 3.05) is 32.8 Å². The molecule has 1 amide bonds. The Bertz CT molecular complexity index is 640. The Kier molecular flexibility index (Phi) is 7.67. The zero-order chi connectivity index (χ0) is 18.1. The van der Waals surface area contributed by atoms with Gasteiger partial charge in [0, 0.05) is 19.5 Å². The van der Waals surface area contributed by atoms with Crippen molar-refractivity contribution < 1.29 is 17.9 Å². The van der Waals surface area contributed by atoms with Gasteiger partial charge in [0.25, 0.3) is 0 Å². The number of hydrogen-bond acceptors (Lipinski definition) is 5. The molecule has 25 heavy (non-hydrogen) atoms. The maximum absolute atomic E-state index is 12.2. The second-order valence-corrected chi connectivity index (χ2v) is 7.82. The van der Waals surface area contributed by atoms with Crippen LogP contribution in [0.25, 0.3) is 0 Å². The number of ether oxygens (including phenoxy) is 1. The van der Waals surface area contributed by atoms with Crippen LogP contribution in [-0.2, 0) is 14.8 Å². The lowest BCUT2D eigenvalue weighted by molar-refractivity contribution is -0.120. The van der Waals surface area contributed by atoms with Gasteiger partial charge in [-0.15, -0.1) is 0 Å². The molecule has 0 aliphatic carbocycles. The number of sulfonamides is 1. The quantitative estimate of drug-likeness (QED) is 0.569. The Morgan fingerprint density at radius 2 is 2.04 bits per heavy atom. The summed E-state index contributed by atoms with van der Waals surface area (Å²) in [6.07, 6.45) is 2.23. The Morgan fingerprint density at radius 1 is 1.28 bits per heavy atom. The van der Waals surface area contributed by atoms with Crippen LogP contribution in [0.4, 0.5) is 0 Å². The normalized spacial score (nSPS) is 17.4. The second kappa shape index (κ2) is 9.74. The van der Waals surface area contributed by atoms with E-state index in [0.717, 1.165) is 25.9 Å². The molecule has 0 radical (unpaired) electrons. The fraction of sp³-hybridized carbons (Fsp3) is 0.588. The molecule has 2 rings (SSSR count). The summed E-state index contributed by atoms with van der Waals surface area (Å²) in [5, 5.41) is 6.13. The average molecular weight is 369 g/mol. The van der Waals surface area contributed by atoms with Crippen molar-refractivity contribution >= 4 is 15.9 Å². The molecule has 0 bridgehead atoms. The van der Waals surface area contributed by atoms with Gasteiger partial charge in [-0.25, -0.2) is 13.1 Å². The fourth-order valence-electron chi connectivity index (χ4n) is 2.73. The third-order valence-electron chi connectivity index (χ3n) is 4.13. The van der Waals surface area contributed by atoms with Crippen LogP contribution in [0, 0.1) is 5.92 Å². The topological polar surface area (TPSA) is 96.5 Å². The van der Waals surface area contributed by atoms with E-state index >= 15 is 0 Å². The lowest BCUT2D eigenvalue weighted by Gasteiger charge is -2.10. The summed E-state index contributed by atoms with van der Waals surface area (Å²) < 4.78 is 32.1. The summed E-state index contributed by atoms with van der Waals surface area (Å²) in [7, 11) is -3.62. The van der Waals surface area contributed by atoms with Crippen LogP contribution in [0.2, 0.25) is 0 Å². The number of carbonyl (C=O) groups is 1. The van der Waals surface area contributed by atoms with Gasteiger partial charge < -0.3 is 15.4 Å².